The van der Waals surface area contributed by atoms with E-state index in [2.05, 4.69) is 15.3 Å². The van der Waals surface area contributed by atoms with Gasteiger partial charge in [-0.25, -0.2) is 19.3 Å². The van der Waals surface area contributed by atoms with Crippen LogP contribution in [0.25, 0.3) is 16.7 Å². The maximum absolute atomic E-state index is 13.2. The summed E-state index contributed by atoms with van der Waals surface area (Å²) in [6.45, 7) is 4.39. The largest absolute Gasteiger partial charge is 0.336 e. The van der Waals surface area contributed by atoms with E-state index in [1.54, 1.807) is 37.4 Å². The van der Waals surface area contributed by atoms with Gasteiger partial charge in [-0.3, -0.25) is 14.5 Å². The molecule has 1 saturated heterocycles. The first-order valence-electron chi connectivity index (χ1n) is 9.16. The third kappa shape index (κ3) is 3.61. The molecule has 0 saturated carbocycles. The van der Waals surface area contributed by atoms with Gasteiger partial charge in [-0.1, -0.05) is 23.9 Å². The van der Waals surface area contributed by atoms with Gasteiger partial charge in [0.1, 0.15) is 5.82 Å². The minimum Gasteiger partial charge on any atom is -0.336 e. The number of rotatable bonds is 4. The van der Waals surface area contributed by atoms with Gasteiger partial charge in [0.25, 0.3) is 5.56 Å². The number of benzene rings is 1. The van der Waals surface area contributed by atoms with Crippen molar-refractivity contribution in [2.75, 3.05) is 13.1 Å². The molecule has 1 N–H and O–H groups in total. The fourth-order valence-corrected chi connectivity index (χ4v) is 4.12. The second-order valence-corrected chi connectivity index (χ2v) is 8.03. The van der Waals surface area contributed by atoms with E-state index in [0.29, 0.717) is 35.0 Å². The topological polar surface area (TPSA) is 97.2 Å². The molecule has 148 valence electrons. The molecule has 1 unspecified atom stereocenters. The van der Waals surface area contributed by atoms with Crippen LogP contribution in [-0.4, -0.2) is 49.7 Å². The molecular formula is C20H19N5O3S. The van der Waals surface area contributed by atoms with Crippen LogP contribution in [0, 0.1) is 6.92 Å². The van der Waals surface area contributed by atoms with Crippen molar-refractivity contribution in [3.63, 3.8) is 0 Å². The lowest BCUT2D eigenvalue weighted by Gasteiger charge is -2.19. The van der Waals surface area contributed by atoms with Gasteiger partial charge in [0, 0.05) is 19.3 Å². The van der Waals surface area contributed by atoms with Crippen molar-refractivity contribution in [2.45, 2.75) is 24.3 Å². The summed E-state index contributed by atoms with van der Waals surface area (Å²) >= 11 is 1.14. The standard InChI is InChI=1S/C20H19N5O3S/c1-12-7-8-21-16(11-12)25-18(27)14-5-3-4-6-15(14)23-20(25)29-13(2)17(26)24-10-9-22-19(24)28/h3-8,11,13H,9-10H2,1-2H3,(H,22,28). The van der Waals surface area contributed by atoms with Gasteiger partial charge in [0.15, 0.2) is 5.16 Å². The Balaban J connectivity index is 1.80. The minimum absolute atomic E-state index is 0.255. The molecule has 0 radical (unpaired) electrons. The highest BCUT2D eigenvalue weighted by Crippen LogP contribution is 2.26. The van der Waals surface area contributed by atoms with E-state index in [9.17, 15) is 14.4 Å². The van der Waals surface area contributed by atoms with Crippen LogP contribution in [0.2, 0.25) is 0 Å². The van der Waals surface area contributed by atoms with E-state index in [1.807, 2.05) is 19.1 Å². The number of aryl methyl sites for hydroxylation is 1. The third-order valence-corrected chi connectivity index (χ3v) is 5.67. The molecule has 0 bridgehead atoms. The predicted octanol–water partition coefficient (Wildman–Crippen LogP) is 2.12. The van der Waals surface area contributed by atoms with E-state index >= 15 is 0 Å². The SMILES string of the molecule is Cc1ccnc(-n2c(SC(C)C(=O)N3CCNC3=O)nc3ccccc3c2=O)c1. The molecule has 1 aliphatic heterocycles. The Hall–Kier alpha value is -3.20. The third-order valence-electron chi connectivity index (χ3n) is 4.63. The van der Waals surface area contributed by atoms with Gasteiger partial charge in [0.2, 0.25) is 5.91 Å². The molecule has 9 heteroatoms. The minimum atomic E-state index is -0.608. The molecule has 2 aromatic heterocycles. The lowest BCUT2D eigenvalue weighted by atomic mass is 10.2. The number of carbonyl (C=O) groups excluding carboxylic acids is 2. The number of thioether (sulfide) groups is 1. The summed E-state index contributed by atoms with van der Waals surface area (Å²) in [6.07, 6.45) is 1.63. The number of hydrogen-bond donors (Lipinski definition) is 1. The van der Waals surface area contributed by atoms with Crippen LogP contribution >= 0.6 is 11.8 Å². The van der Waals surface area contributed by atoms with Crippen LogP contribution in [-0.2, 0) is 4.79 Å². The molecule has 29 heavy (non-hydrogen) atoms. The van der Waals surface area contributed by atoms with Crippen LogP contribution < -0.4 is 10.9 Å². The Morgan fingerprint density at radius 3 is 2.76 bits per heavy atom. The number of para-hydroxylation sites is 1. The Bertz CT molecular complexity index is 1180. The van der Waals surface area contributed by atoms with Gasteiger partial charge < -0.3 is 5.32 Å². The van der Waals surface area contributed by atoms with Crippen molar-refractivity contribution in [3.05, 3.63) is 58.5 Å². The number of pyridine rings is 1. The van der Waals surface area contributed by atoms with E-state index in [4.69, 9.17) is 0 Å². The highest BCUT2D eigenvalue weighted by Gasteiger charge is 2.31. The van der Waals surface area contributed by atoms with Crippen LogP contribution in [0.3, 0.4) is 0 Å². The molecular weight excluding hydrogens is 390 g/mol. The Morgan fingerprint density at radius 2 is 2.03 bits per heavy atom. The summed E-state index contributed by atoms with van der Waals surface area (Å²) in [6, 6.07) is 10.3. The van der Waals surface area contributed by atoms with Crippen LogP contribution in [0.5, 0.6) is 0 Å². The van der Waals surface area contributed by atoms with Gasteiger partial charge in [-0.15, -0.1) is 0 Å². The predicted molar refractivity (Wildman–Crippen MR) is 110 cm³/mol. The monoisotopic (exact) mass is 409 g/mol. The first-order valence-corrected chi connectivity index (χ1v) is 10.0. The Labute approximate surface area is 171 Å². The molecule has 1 aromatic carbocycles. The fraction of sp³-hybridized carbons (Fsp3) is 0.250. The number of hydrogen-bond acceptors (Lipinski definition) is 6. The summed E-state index contributed by atoms with van der Waals surface area (Å²) in [5.74, 6) is 0.116. The molecule has 1 fully saturated rings. The van der Waals surface area contributed by atoms with Crippen molar-refractivity contribution in [2.24, 2.45) is 0 Å². The summed E-state index contributed by atoms with van der Waals surface area (Å²) in [4.78, 5) is 47.9. The van der Waals surface area contributed by atoms with Crippen molar-refractivity contribution < 1.29 is 9.59 Å². The van der Waals surface area contributed by atoms with Gasteiger partial charge in [0.05, 0.1) is 16.2 Å². The number of nitrogens with zero attached hydrogens (tertiary/aromatic N) is 4. The van der Waals surface area contributed by atoms with E-state index < -0.39 is 11.3 Å². The first kappa shape index (κ1) is 19.1. The van der Waals surface area contributed by atoms with E-state index in [-0.39, 0.29) is 11.5 Å². The molecule has 1 aliphatic rings. The highest BCUT2D eigenvalue weighted by molar-refractivity contribution is 8.00. The van der Waals surface area contributed by atoms with Crippen molar-refractivity contribution in [3.8, 4) is 5.82 Å². The second kappa shape index (κ2) is 7.67. The number of fused-ring (bicyclic) bond motifs is 1. The van der Waals surface area contributed by atoms with Crippen molar-refractivity contribution in [1.29, 1.82) is 0 Å². The number of imide groups is 1. The zero-order valence-electron chi connectivity index (χ0n) is 16.0. The van der Waals surface area contributed by atoms with Crippen LogP contribution in [0.1, 0.15) is 12.5 Å². The Morgan fingerprint density at radius 1 is 1.24 bits per heavy atom. The van der Waals surface area contributed by atoms with Crippen molar-refractivity contribution in [1.82, 2.24) is 24.8 Å². The Kier molecular flexibility index (Phi) is 5.06. The summed E-state index contributed by atoms with van der Waals surface area (Å²) < 4.78 is 1.42. The lowest BCUT2D eigenvalue weighted by molar-refractivity contribution is -0.126. The highest BCUT2D eigenvalue weighted by atomic mass is 32.2. The zero-order valence-corrected chi connectivity index (χ0v) is 16.8. The number of amides is 3. The molecule has 8 nitrogen and oxygen atoms in total. The summed E-state index contributed by atoms with van der Waals surface area (Å²) in [5, 5.41) is 2.84. The average Bonchev–Trinajstić information content (AvgIpc) is 3.13. The van der Waals surface area contributed by atoms with E-state index in [0.717, 1.165) is 17.3 Å². The van der Waals surface area contributed by atoms with Crippen LogP contribution in [0.15, 0.2) is 52.5 Å². The summed E-state index contributed by atoms with van der Waals surface area (Å²) in [7, 11) is 0. The molecule has 3 heterocycles. The summed E-state index contributed by atoms with van der Waals surface area (Å²) in [5.41, 5.74) is 1.24. The van der Waals surface area contributed by atoms with Crippen molar-refractivity contribution >= 4 is 34.6 Å². The first-order chi connectivity index (χ1) is 14.0. The quantitative estimate of drug-likeness (QED) is 0.524. The van der Waals surface area contributed by atoms with Gasteiger partial charge in [-0.2, -0.15) is 0 Å². The normalized spacial score (nSPS) is 14.8. The van der Waals surface area contributed by atoms with E-state index in [1.165, 1.54) is 9.47 Å². The molecule has 3 aromatic rings. The average molecular weight is 409 g/mol. The molecule has 1 atom stereocenters. The molecule has 0 aliphatic carbocycles. The second-order valence-electron chi connectivity index (χ2n) is 6.73. The number of urea groups is 1. The number of carbonyl (C=O) groups is 2. The maximum Gasteiger partial charge on any atom is 0.324 e. The molecule has 4 rings (SSSR count). The smallest absolute Gasteiger partial charge is 0.324 e. The zero-order chi connectivity index (χ0) is 20.5. The molecule has 3 amide bonds. The van der Waals surface area contributed by atoms with Crippen LogP contribution in [0.4, 0.5) is 4.79 Å². The molecule has 0 spiro atoms. The maximum atomic E-state index is 13.2. The van der Waals surface area contributed by atoms with Gasteiger partial charge in [-0.05, 0) is 43.7 Å². The number of aromatic nitrogens is 3. The lowest BCUT2D eigenvalue weighted by Crippen LogP contribution is -2.39. The fourth-order valence-electron chi connectivity index (χ4n) is 3.15. The number of nitrogens with one attached hydrogen (secondary N) is 1. The van der Waals surface area contributed by atoms with Gasteiger partial charge >= 0.3 is 6.03 Å².